The molecule has 0 radical (unpaired) electrons. The number of aromatic nitrogens is 1. The van der Waals surface area contributed by atoms with Crippen molar-refractivity contribution in [2.75, 3.05) is 20.6 Å². The van der Waals surface area contributed by atoms with E-state index in [1.165, 1.54) is 11.3 Å². The van der Waals surface area contributed by atoms with Crippen LogP contribution in [0.1, 0.15) is 6.42 Å². The van der Waals surface area contributed by atoms with Crippen molar-refractivity contribution in [2.45, 2.75) is 13.0 Å². The maximum Gasteiger partial charge on any atom is 0.198 e. The van der Waals surface area contributed by atoms with Crippen molar-refractivity contribution in [3.8, 4) is 10.4 Å². The molecular weight excluding hydrogens is 378 g/mol. The summed E-state index contributed by atoms with van der Waals surface area (Å²) in [7, 11) is 3.97. The van der Waals surface area contributed by atoms with Crippen LogP contribution in [0.5, 0.6) is 0 Å². The van der Waals surface area contributed by atoms with Gasteiger partial charge in [-0.05, 0) is 50.6 Å². The standard InChI is InChI=1S/C22H20F2N2OS/c1-25(2)8-5-9-26-13-16(21-10-14-6-3-4-7-20(14)28-21)22(27)15-11-17(23)18(24)12-19(15)26/h3-4,6-7,10-13H,5,8-9H2,1-2H3. The molecule has 0 aliphatic rings. The van der Waals surface area contributed by atoms with Crippen LogP contribution >= 0.6 is 11.3 Å². The van der Waals surface area contributed by atoms with Gasteiger partial charge in [-0.2, -0.15) is 0 Å². The number of halogens is 2. The van der Waals surface area contributed by atoms with Gasteiger partial charge < -0.3 is 9.47 Å². The van der Waals surface area contributed by atoms with E-state index < -0.39 is 11.6 Å². The van der Waals surface area contributed by atoms with Crippen LogP contribution in [0.2, 0.25) is 0 Å². The first kappa shape index (κ1) is 18.8. The summed E-state index contributed by atoms with van der Waals surface area (Å²) in [5.74, 6) is -1.94. The lowest BCUT2D eigenvalue weighted by molar-refractivity contribution is 0.387. The zero-order valence-electron chi connectivity index (χ0n) is 15.7. The molecule has 3 nitrogen and oxygen atoms in total. The van der Waals surface area contributed by atoms with Crippen LogP contribution < -0.4 is 5.43 Å². The van der Waals surface area contributed by atoms with E-state index >= 15 is 0 Å². The fourth-order valence-electron chi connectivity index (χ4n) is 3.42. The second-order valence-corrected chi connectivity index (χ2v) is 8.24. The molecule has 144 valence electrons. The number of rotatable bonds is 5. The zero-order chi connectivity index (χ0) is 19.8. The van der Waals surface area contributed by atoms with E-state index in [1.54, 1.807) is 6.20 Å². The van der Waals surface area contributed by atoms with E-state index in [0.717, 1.165) is 40.1 Å². The first-order valence-corrected chi connectivity index (χ1v) is 9.91. The van der Waals surface area contributed by atoms with E-state index in [4.69, 9.17) is 0 Å². The maximum atomic E-state index is 13.9. The molecule has 0 saturated carbocycles. The highest BCUT2D eigenvalue weighted by molar-refractivity contribution is 7.22. The largest absolute Gasteiger partial charge is 0.346 e. The molecule has 0 saturated heterocycles. The SMILES string of the molecule is CN(C)CCCn1cc(-c2cc3ccccc3s2)c(=O)c2cc(F)c(F)cc21. The number of nitrogens with zero attached hydrogens (tertiary/aromatic N) is 2. The van der Waals surface area contributed by atoms with Gasteiger partial charge in [-0.3, -0.25) is 4.79 Å². The third-order valence-electron chi connectivity index (χ3n) is 4.82. The minimum absolute atomic E-state index is 0.207. The third kappa shape index (κ3) is 3.45. The summed E-state index contributed by atoms with van der Waals surface area (Å²) in [4.78, 5) is 16.0. The highest BCUT2D eigenvalue weighted by atomic mass is 32.1. The highest BCUT2D eigenvalue weighted by Crippen LogP contribution is 2.33. The summed E-state index contributed by atoms with van der Waals surface area (Å²) >= 11 is 1.53. The fraction of sp³-hybridized carbons (Fsp3) is 0.227. The molecule has 4 rings (SSSR count). The number of aryl methyl sites for hydroxylation is 1. The van der Waals surface area contributed by atoms with Crippen molar-refractivity contribution >= 4 is 32.3 Å². The van der Waals surface area contributed by atoms with E-state index in [1.807, 2.05) is 49.0 Å². The minimum atomic E-state index is -1.00. The molecule has 0 aliphatic carbocycles. The number of hydrogen-bond acceptors (Lipinski definition) is 3. The molecule has 0 unspecified atom stereocenters. The maximum absolute atomic E-state index is 13.9. The number of pyridine rings is 1. The molecule has 0 amide bonds. The highest BCUT2D eigenvalue weighted by Gasteiger charge is 2.16. The summed E-state index contributed by atoms with van der Waals surface area (Å²) in [6.45, 7) is 1.47. The molecule has 0 atom stereocenters. The predicted octanol–water partition coefficient (Wildman–Crippen LogP) is 5.11. The molecule has 0 bridgehead atoms. The number of fused-ring (bicyclic) bond motifs is 2. The van der Waals surface area contributed by atoms with Crippen LogP contribution in [0.25, 0.3) is 31.4 Å². The van der Waals surface area contributed by atoms with Crippen molar-refractivity contribution in [3.05, 3.63) is 70.5 Å². The van der Waals surface area contributed by atoms with Crippen LogP contribution in [-0.2, 0) is 6.54 Å². The summed E-state index contributed by atoms with van der Waals surface area (Å²) in [6, 6.07) is 12.0. The fourth-order valence-corrected chi connectivity index (χ4v) is 4.49. The van der Waals surface area contributed by atoms with Crippen molar-refractivity contribution in [1.29, 1.82) is 0 Å². The van der Waals surface area contributed by atoms with Crippen LogP contribution in [0.15, 0.2) is 53.5 Å². The minimum Gasteiger partial charge on any atom is -0.346 e. The Hall–Kier alpha value is -2.57. The predicted molar refractivity (Wildman–Crippen MR) is 112 cm³/mol. The quantitative estimate of drug-likeness (QED) is 0.467. The summed E-state index contributed by atoms with van der Waals surface area (Å²) < 4.78 is 30.7. The zero-order valence-corrected chi connectivity index (χ0v) is 16.5. The van der Waals surface area contributed by atoms with E-state index in [0.29, 0.717) is 17.6 Å². The van der Waals surface area contributed by atoms with Gasteiger partial charge >= 0.3 is 0 Å². The van der Waals surface area contributed by atoms with Gasteiger partial charge in [0.1, 0.15) is 0 Å². The van der Waals surface area contributed by atoms with Gasteiger partial charge in [-0.25, -0.2) is 8.78 Å². The molecule has 6 heteroatoms. The molecule has 0 fully saturated rings. The number of hydrogen-bond donors (Lipinski definition) is 0. The normalized spacial score (nSPS) is 11.8. The molecule has 0 spiro atoms. The van der Waals surface area contributed by atoms with Gasteiger partial charge in [0.05, 0.1) is 11.1 Å². The van der Waals surface area contributed by atoms with E-state index in [9.17, 15) is 13.6 Å². The lowest BCUT2D eigenvalue weighted by atomic mass is 10.1. The molecular formula is C22H20F2N2OS. The van der Waals surface area contributed by atoms with Gasteiger partial charge in [-0.1, -0.05) is 18.2 Å². The topological polar surface area (TPSA) is 25.2 Å². The molecule has 2 aromatic carbocycles. The Morgan fingerprint density at radius 2 is 1.82 bits per heavy atom. The first-order valence-electron chi connectivity index (χ1n) is 9.10. The van der Waals surface area contributed by atoms with Gasteiger partial charge in [0.2, 0.25) is 0 Å². The van der Waals surface area contributed by atoms with Crippen LogP contribution in [0.4, 0.5) is 8.78 Å². The smallest absolute Gasteiger partial charge is 0.198 e. The Labute approximate surface area is 165 Å². The van der Waals surface area contributed by atoms with Gasteiger partial charge in [0.25, 0.3) is 0 Å². The molecule has 2 heterocycles. The van der Waals surface area contributed by atoms with Gasteiger partial charge in [-0.15, -0.1) is 11.3 Å². The lowest BCUT2D eigenvalue weighted by Gasteiger charge is -2.15. The summed E-state index contributed by atoms with van der Waals surface area (Å²) in [5.41, 5.74) is 0.668. The average molecular weight is 398 g/mol. The van der Waals surface area contributed by atoms with Crippen molar-refractivity contribution < 1.29 is 8.78 Å². The molecule has 2 aromatic heterocycles. The van der Waals surface area contributed by atoms with Gasteiger partial charge in [0, 0.05) is 33.8 Å². The second-order valence-electron chi connectivity index (χ2n) is 7.15. The average Bonchev–Trinajstić information content (AvgIpc) is 3.09. The monoisotopic (exact) mass is 398 g/mol. The number of benzene rings is 2. The number of thiophene rings is 1. The van der Waals surface area contributed by atoms with Crippen molar-refractivity contribution in [2.24, 2.45) is 0 Å². The Bertz CT molecular complexity index is 1190. The first-order chi connectivity index (χ1) is 13.4. The van der Waals surface area contributed by atoms with Gasteiger partial charge in [0.15, 0.2) is 17.1 Å². The van der Waals surface area contributed by atoms with Crippen molar-refractivity contribution in [3.63, 3.8) is 0 Å². The van der Waals surface area contributed by atoms with Crippen LogP contribution in [0, 0.1) is 11.6 Å². The van der Waals surface area contributed by atoms with E-state index in [-0.39, 0.29) is 10.8 Å². The van der Waals surface area contributed by atoms with Crippen LogP contribution in [0.3, 0.4) is 0 Å². The molecule has 28 heavy (non-hydrogen) atoms. The van der Waals surface area contributed by atoms with E-state index in [2.05, 4.69) is 4.90 Å². The molecule has 0 aliphatic heterocycles. The molecule has 0 N–H and O–H groups in total. The summed E-state index contributed by atoms with van der Waals surface area (Å²) in [5, 5.41) is 1.27. The van der Waals surface area contributed by atoms with Crippen LogP contribution in [-0.4, -0.2) is 30.1 Å². The lowest BCUT2D eigenvalue weighted by Crippen LogP contribution is -2.17. The Kier molecular flexibility index (Phi) is 5.00. The summed E-state index contributed by atoms with van der Waals surface area (Å²) in [6.07, 6.45) is 2.61. The Balaban J connectivity index is 1.91. The molecule has 4 aromatic rings. The second kappa shape index (κ2) is 7.45. The Morgan fingerprint density at radius 3 is 2.57 bits per heavy atom. The Morgan fingerprint density at radius 1 is 1.07 bits per heavy atom. The third-order valence-corrected chi connectivity index (χ3v) is 5.97. The van der Waals surface area contributed by atoms with Crippen molar-refractivity contribution in [1.82, 2.24) is 9.47 Å².